The fraction of sp³-hybridized carbons (Fsp3) is 1.00. The number of hydrogen-bond acceptors (Lipinski definition) is 1. The molecule has 1 nitrogen and oxygen atoms in total. The minimum atomic E-state index is 0.865. The van der Waals surface area contributed by atoms with Gasteiger partial charge in [0, 0.05) is 0 Å². The van der Waals surface area contributed by atoms with Crippen molar-refractivity contribution in [2.24, 2.45) is 23.5 Å². The van der Waals surface area contributed by atoms with Crippen LogP contribution in [0.25, 0.3) is 0 Å². The molecule has 0 heterocycles. The lowest BCUT2D eigenvalue weighted by Crippen LogP contribution is -2.09. The fourth-order valence-corrected chi connectivity index (χ4v) is 1.38. The van der Waals surface area contributed by atoms with Crippen molar-refractivity contribution < 1.29 is 0 Å². The lowest BCUT2D eigenvalue weighted by Gasteiger charge is -2.19. The van der Waals surface area contributed by atoms with Gasteiger partial charge in [-0.05, 0) is 31.2 Å². The Labute approximate surface area is 78.7 Å². The largest absolute Gasteiger partial charge is 0.333 e. The van der Waals surface area contributed by atoms with E-state index >= 15 is 0 Å². The maximum Gasteiger partial charge on any atom is -0.0195 e. The molecule has 12 heavy (non-hydrogen) atoms. The Morgan fingerprint density at radius 1 is 0.917 bits per heavy atom. The zero-order valence-corrected chi connectivity index (χ0v) is 9.72. The van der Waals surface area contributed by atoms with E-state index in [1.807, 2.05) is 0 Å². The highest BCUT2D eigenvalue weighted by Crippen LogP contribution is 2.21. The molecule has 0 spiro atoms. The molecular weight excluding hydrogens is 146 g/mol. The third-order valence-corrected chi connectivity index (χ3v) is 2.46. The summed E-state index contributed by atoms with van der Waals surface area (Å²) in [6.07, 6.45) is 2.71. The van der Waals surface area contributed by atoms with E-state index in [1.54, 1.807) is 0 Å². The molecule has 2 unspecified atom stereocenters. The predicted octanol–water partition coefficient (Wildman–Crippen LogP) is 3.29. The van der Waals surface area contributed by atoms with Crippen molar-refractivity contribution in [3.05, 3.63) is 0 Å². The second-order valence-electron chi connectivity index (χ2n) is 3.99. The third kappa shape index (κ3) is 8.06. The van der Waals surface area contributed by atoms with Gasteiger partial charge in [-0.15, -0.1) is 0 Å². The van der Waals surface area contributed by atoms with Crippen molar-refractivity contribution in [3.63, 3.8) is 0 Å². The molecule has 0 bridgehead atoms. The Morgan fingerprint density at radius 3 is 1.58 bits per heavy atom. The summed E-state index contributed by atoms with van der Waals surface area (Å²) in [6, 6.07) is 0. The molecule has 0 saturated heterocycles. The molecule has 1 heteroatoms. The van der Waals surface area contributed by atoms with E-state index in [0.29, 0.717) is 0 Å². The van der Waals surface area contributed by atoms with Gasteiger partial charge in [-0.2, -0.15) is 0 Å². The van der Waals surface area contributed by atoms with Crippen molar-refractivity contribution in [3.8, 4) is 0 Å². The molecule has 2 atom stereocenters. The second kappa shape index (κ2) is 9.05. The number of rotatable bonds is 4. The highest BCUT2D eigenvalue weighted by atomic mass is 14.4. The van der Waals surface area contributed by atoms with Crippen LogP contribution in [-0.2, 0) is 0 Å². The highest BCUT2D eigenvalue weighted by molar-refractivity contribution is 4.61. The molecule has 0 aromatic carbocycles. The second-order valence-corrected chi connectivity index (χ2v) is 3.99. The zero-order valence-electron chi connectivity index (χ0n) is 9.72. The molecule has 0 fully saturated rings. The van der Waals surface area contributed by atoms with Gasteiger partial charge in [-0.3, -0.25) is 0 Å². The normalized spacial score (nSPS) is 15.0. The molecule has 76 valence electrons. The predicted molar refractivity (Wildman–Crippen MR) is 58.2 cm³/mol. The van der Waals surface area contributed by atoms with Crippen LogP contribution in [0, 0.1) is 17.8 Å². The summed E-state index contributed by atoms with van der Waals surface area (Å²) < 4.78 is 0. The van der Waals surface area contributed by atoms with E-state index in [9.17, 15) is 0 Å². The van der Waals surface area contributed by atoms with Gasteiger partial charge in [0.15, 0.2) is 0 Å². The van der Waals surface area contributed by atoms with Crippen LogP contribution >= 0.6 is 0 Å². The molecule has 0 rings (SSSR count). The Balaban J connectivity index is 0. The van der Waals surface area contributed by atoms with Gasteiger partial charge in [0.05, 0.1) is 0 Å². The molecule has 0 aliphatic heterocycles. The Hall–Kier alpha value is -0.0400. The maximum absolute atomic E-state index is 4.50. The first-order valence-electron chi connectivity index (χ1n) is 5.15. The van der Waals surface area contributed by atoms with Crippen LogP contribution in [0.5, 0.6) is 0 Å². The first-order valence-corrected chi connectivity index (χ1v) is 5.15. The van der Waals surface area contributed by atoms with E-state index in [0.717, 1.165) is 17.8 Å². The third-order valence-electron chi connectivity index (χ3n) is 2.46. The monoisotopic (exact) mass is 173 g/mol. The van der Waals surface area contributed by atoms with Crippen molar-refractivity contribution in [1.82, 2.24) is 0 Å². The van der Waals surface area contributed by atoms with Gasteiger partial charge in [-0.25, -0.2) is 0 Å². The average molecular weight is 173 g/mol. The quantitative estimate of drug-likeness (QED) is 0.693. The fourth-order valence-electron chi connectivity index (χ4n) is 1.38. The minimum Gasteiger partial charge on any atom is -0.333 e. The molecule has 2 N–H and O–H groups in total. The molecule has 0 aliphatic rings. The molecule has 0 saturated carbocycles. The van der Waals surface area contributed by atoms with Gasteiger partial charge in [0.2, 0.25) is 0 Å². The smallest absolute Gasteiger partial charge is 0.0195 e. The van der Waals surface area contributed by atoms with E-state index < -0.39 is 0 Å². The Kier molecular flexibility index (Phi) is 10.9. The van der Waals surface area contributed by atoms with E-state index in [1.165, 1.54) is 19.9 Å². The van der Waals surface area contributed by atoms with Crippen molar-refractivity contribution in [2.75, 3.05) is 7.05 Å². The molecule has 0 amide bonds. The standard InChI is InChI=1S/C10H22.CH5N/c1-6-9(4)10(5)7-8(2)3;1-2/h8-10H,6-7H2,1-5H3;2H2,1H3. The number of nitrogens with two attached hydrogens (primary N) is 1. The van der Waals surface area contributed by atoms with Gasteiger partial charge < -0.3 is 5.73 Å². The Bertz CT molecular complexity index is 79.1. The van der Waals surface area contributed by atoms with Crippen LogP contribution in [0.3, 0.4) is 0 Å². The zero-order chi connectivity index (χ0) is 10.1. The van der Waals surface area contributed by atoms with Crippen molar-refractivity contribution >= 4 is 0 Å². The summed E-state index contributed by atoms with van der Waals surface area (Å²) in [6.45, 7) is 11.6. The first-order chi connectivity index (χ1) is 5.57. The maximum atomic E-state index is 4.50. The lowest BCUT2D eigenvalue weighted by atomic mass is 9.87. The van der Waals surface area contributed by atoms with Gasteiger partial charge in [-0.1, -0.05) is 41.0 Å². The summed E-state index contributed by atoms with van der Waals surface area (Å²) in [5.74, 6) is 2.68. The van der Waals surface area contributed by atoms with Crippen LogP contribution in [0.15, 0.2) is 0 Å². The minimum absolute atomic E-state index is 0.865. The van der Waals surface area contributed by atoms with Crippen LogP contribution in [0.1, 0.15) is 47.5 Å². The van der Waals surface area contributed by atoms with Gasteiger partial charge >= 0.3 is 0 Å². The van der Waals surface area contributed by atoms with Crippen LogP contribution in [0.4, 0.5) is 0 Å². The summed E-state index contributed by atoms with van der Waals surface area (Å²) >= 11 is 0. The summed E-state index contributed by atoms with van der Waals surface area (Å²) in [4.78, 5) is 0. The molecule has 0 radical (unpaired) electrons. The van der Waals surface area contributed by atoms with Gasteiger partial charge in [0.25, 0.3) is 0 Å². The summed E-state index contributed by atoms with van der Waals surface area (Å²) in [5, 5.41) is 0. The molecular formula is C11H27N. The summed E-state index contributed by atoms with van der Waals surface area (Å²) in [7, 11) is 1.50. The van der Waals surface area contributed by atoms with Crippen LogP contribution < -0.4 is 5.73 Å². The van der Waals surface area contributed by atoms with Crippen molar-refractivity contribution in [2.45, 2.75) is 47.5 Å². The topological polar surface area (TPSA) is 26.0 Å². The van der Waals surface area contributed by atoms with Crippen LogP contribution in [-0.4, -0.2) is 7.05 Å². The molecule has 0 aromatic heterocycles. The number of hydrogen-bond donors (Lipinski definition) is 1. The molecule has 0 aromatic rings. The highest BCUT2D eigenvalue weighted by Gasteiger charge is 2.10. The first kappa shape index (κ1) is 14.5. The summed E-state index contributed by atoms with van der Waals surface area (Å²) in [5.41, 5.74) is 4.50. The van der Waals surface area contributed by atoms with E-state index in [2.05, 4.69) is 40.4 Å². The lowest BCUT2D eigenvalue weighted by molar-refractivity contribution is 0.316. The van der Waals surface area contributed by atoms with E-state index in [-0.39, 0.29) is 0 Å². The SMILES string of the molecule is CCC(C)C(C)CC(C)C.CN. The Morgan fingerprint density at radius 2 is 1.33 bits per heavy atom. The van der Waals surface area contributed by atoms with E-state index in [4.69, 9.17) is 0 Å². The van der Waals surface area contributed by atoms with Crippen LogP contribution in [0.2, 0.25) is 0 Å². The van der Waals surface area contributed by atoms with Gasteiger partial charge in [0.1, 0.15) is 0 Å². The molecule has 0 aliphatic carbocycles. The average Bonchev–Trinajstić information content (AvgIpc) is 2.05. The van der Waals surface area contributed by atoms with Crippen molar-refractivity contribution in [1.29, 1.82) is 0 Å².